The summed E-state index contributed by atoms with van der Waals surface area (Å²) in [6.45, 7) is 4.10. The standard InChI is InChI=1S/C16H20N2OS/c1-11-9-10-14(20-11)12(2)18(3)16(19)15(17)13-7-5-4-6-8-13/h4-10,12,15H,17H2,1-3H3/t12?,15-/m0/s1. The Balaban J connectivity index is 2.12. The van der Waals surface area contributed by atoms with Crippen molar-refractivity contribution >= 4 is 17.2 Å². The molecule has 0 aliphatic carbocycles. The van der Waals surface area contributed by atoms with Crippen LogP contribution in [0, 0.1) is 6.92 Å². The summed E-state index contributed by atoms with van der Waals surface area (Å²) >= 11 is 1.71. The maximum Gasteiger partial charge on any atom is 0.244 e. The van der Waals surface area contributed by atoms with Crippen molar-refractivity contribution in [2.45, 2.75) is 25.9 Å². The van der Waals surface area contributed by atoms with E-state index in [9.17, 15) is 4.79 Å². The predicted molar refractivity (Wildman–Crippen MR) is 83.6 cm³/mol. The van der Waals surface area contributed by atoms with Crippen molar-refractivity contribution in [3.8, 4) is 0 Å². The van der Waals surface area contributed by atoms with Crippen molar-refractivity contribution in [3.05, 3.63) is 57.8 Å². The van der Waals surface area contributed by atoms with Crippen LogP contribution in [0.5, 0.6) is 0 Å². The van der Waals surface area contributed by atoms with Crippen LogP contribution < -0.4 is 5.73 Å². The first kappa shape index (κ1) is 14.8. The molecule has 1 heterocycles. The minimum absolute atomic E-state index is 0.0379. The van der Waals surface area contributed by atoms with Gasteiger partial charge in [-0.1, -0.05) is 30.3 Å². The SMILES string of the molecule is Cc1ccc(C(C)N(C)C(=O)[C@@H](N)c2ccccc2)s1. The molecular formula is C16H20N2OS. The lowest BCUT2D eigenvalue weighted by Crippen LogP contribution is -2.37. The van der Waals surface area contributed by atoms with Gasteiger partial charge in [0.15, 0.2) is 0 Å². The molecule has 1 amide bonds. The molecule has 0 bridgehead atoms. The van der Waals surface area contributed by atoms with Gasteiger partial charge in [0.2, 0.25) is 5.91 Å². The fraction of sp³-hybridized carbons (Fsp3) is 0.312. The summed E-state index contributed by atoms with van der Waals surface area (Å²) in [5, 5.41) is 0. The van der Waals surface area contributed by atoms with Crippen molar-refractivity contribution < 1.29 is 4.79 Å². The number of thiophene rings is 1. The Morgan fingerprint density at radius 1 is 1.20 bits per heavy atom. The number of nitrogens with zero attached hydrogens (tertiary/aromatic N) is 1. The number of amides is 1. The van der Waals surface area contributed by atoms with Gasteiger partial charge in [-0.25, -0.2) is 0 Å². The number of carbonyl (C=O) groups is 1. The Morgan fingerprint density at radius 3 is 2.40 bits per heavy atom. The van der Waals surface area contributed by atoms with Crippen LogP contribution in [0.2, 0.25) is 0 Å². The second-order valence-electron chi connectivity index (χ2n) is 4.96. The summed E-state index contributed by atoms with van der Waals surface area (Å²) in [7, 11) is 1.81. The maximum atomic E-state index is 12.5. The Hall–Kier alpha value is -1.65. The third kappa shape index (κ3) is 3.08. The lowest BCUT2D eigenvalue weighted by Gasteiger charge is -2.27. The third-order valence-electron chi connectivity index (χ3n) is 3.53. The van der Waals surface area contributed by atoms with Gasteiger partial charge in [-0.2, -0.15) is 0 Å². The molecule has 0 saturated heterocycles. The molecule has 2 aromatic rings. The molecule has 0 fully saturated rings. The molecule has 3 nitrogen and oxygen atoms in total. The molecule has 1 aromatic heterocycles. The Bertz CT molecular complexity index is 579. The van der Waals surface area contributed by atoms with E-state index in [1.54, 1.807) is 16.2 Å². The van der Waals surface area contributed by atoms with Crippen LogP contribution in [0.3, 0.4) is 0 Å². The van der Waals surface area contributed by atoms with Crippen molar-refractivity contribution in [2.75, 3.05) is 7.05 Å². The summed E-state index contributed by atoms with van der Waals surface area (Å²) in [6, 6.07) is 13.1. The smallest absolute Gasteiger partial charge is 0.244 e. The van der Waals surface area contributed by atoms with E-state index in [0.717, 1.165) is 5.56 Å². The highest BCUT2D eigenvalue weighted by Crippen LogP contribution is 2.27. The number of carbonyl (C=O) groups excluding carboxylic acids is 1. The fourth-order valence-corrected chi connectivity index (χ4v) is 3.05. The fourth-order valence-electron chi connectivity index (χ4n) is 2.08. The van der Waals surface area contributed by atoms with E-state index in [-0.39, 0.29) is 11.9 Å². The zero-order chi connectivity index (χ0) is 14.7. The first-order valence-electron chi connectivity index (χ1n) is 6.64. The molecule has 4 heteroatoms. The molecule has 0 aliphatic heterocycles. The monoisotopic (exact) mass is 288 g/mol. The topological polar surface area (TPSA) is 46.3 Å². The van der Waals surface area contributed by atoms with Crippen LogP contribution in [0.15, 0.2) is 42.5 Å². The van der Waals surface area contributed by atoms with Crippen molar-refractivity contribution in [3.63, 3.8) is 0 Å². The molecule has 0 saturated carbocycles. The molecular weight excluding hydrogens is 268 g/mol. The summed E-state index contributed by atoms with van der Waals surface area (Å²) in [4.78, 5) is 16.6. The predicted octanol–water partition coefficient (Wildman–Crippen LogP) is 3.28. The lowest BCUT2D eigenvalue weighted by molar-refractivity contribution is -0.133. The van der Waals surface area contributed by atoms with Crippen LogP contribution in [0.25, 0.3) is 0 Å². The summed E-state index contributed by atoms with van der Waals surface area (Å²) < 4.78 is 0. The van der Waals surface area contributed by atoms with Gasteiger partial charge in [0.05, 0.1) is 6.04 Å². The molecule has 2 atom stereocenters. The summed E-state index contributed by atoms with van der Waals surface area (Å²) in [6.07, 6.45) is 0. The molecule has 2 rings (SSSR count). The number of likely N-dealkylation sites (N-methyl/N-ethyl adjacent to an activating group) is 1. The number of aryl methyl sites for hydroxylation is 1. The highest BCUT2D eigenvalue weighted by Gasteiger charge is 2.24. The molecule has 1 unspecified atom stereocenters. The van der Waals surface area contributed by atoms with E-state index in [2.05, 4.69) is 19.1 Å². The summed E-state index contributed by atoms with van der Waals surface area (Å²) in [5.41, 5.74) is 6.92. The zero-order valence-electron chi connectivity index (χ0n) is 12.0. The van der Waals surface area contributed by atoms with Crippen LogP contribution in [-0.4, -0.2) is 17.9 Å². The average Bonchev–Trinajstić information content (AvgIpc) is 2.91. The van der Waals surface area contributed by atoms with Crippen LogP contribution in [-0.2, 0) is 4.79 Å². The number of nitrogens with two attached hydrogens (primary N) is 1. The molecule has 20 heavy (non-hydrogen) atoms. The van der Waals surface area contributed by atoms with Gasteiger partial charge in [-0.15, -0.1) is 11.3 Å². The molecule has 1 aromatic carbocycles. The quantitative estimate of drug-likeness (QED) is 0.938. The molecule has 0 spiro atoms. The second kappa shape index (κ2) is 6.20. The van der Waals surface area contributed by atoms with Gasteiger partial charge in [-0.3, -0.25) is 4.79 Å². The summed E-state index contributed by atoms with van der Waals surface area (Å²) in [5.74, 6) is -0.0604. The minimum atomic E-state index is -0.607. The van der Waals surface area contributed by atoms with E-state index in [1.807, 2.05) is 44.3 Å². The first-order chi connectivity index (χ1) is 9.50. The van der Waals surface area contributed by atoms with Crippen LogP contribution in [0.1, 0.15) is 34.3 Å². The Morgan fingerprint density at radius 2 is 1.85 bits per heavy atom. The number of benzene rings is 1. The van der Waals surface area contributed by atoms with Crippen molar-refractivity contribution in [1.29, 1.82) is 0 Å². The van der Waals surface area contributed by atoms with Gasteiger partial charge in [0, 0.05) is 16.8 Å². The van der Waals surface area contributed by atoms with Gasteiger partial charge in [-0.05, 0) is 31.5 Å². The largest absolute Gasteiger partial charge is 0.337 e. The van der Waals surface area contributed by atoms with Crippen LogP contribution >= 0.6 is 11.3 Å². The second-order valence-corrected chi connectivity index (χ2v) is 6.28. The molecule has 2 N–H and O–H groups in total. The van der Waals surface area contributed by atoms with E-state index < -0.39 is 6.04 Å². The van der Waals surface area contributed by atoms with Gasteiger partial charge in [0.25, 0.3) is 0 Å². The van der Waals surface area contributed by atoms with Crippen molar-refractivity contribution in [1.82, 2.24) is 4.90 Å². The minimum Gasteiger partial charge on any atom is -0.337 e. The first-order valence-corrected chi connectivity index (χ1v) is 7.46. The Kier molecular flexibility index (Phi) is 4.57. The zero-order valence-corrected chi connectivity index (χ0v) is 12.9. The molecule has 0 aliphatic rings. The van der Waals surface area contributed by atoms with Gasteiger partial charge >= 0.3 is 0 Å². The van der Waals surface area contributed by atoms with E-state index in [0.29, 0.717) is 0 Å². The maximum absolute atomic E-state index is 12.5. The normalized spacial score (nSPS) is 13.8. The Labute approximate surface area is 124 Å². The number of hydrogen-bond donors (Lipinski definition) is 1. The van der Waals surface area contributed by atoms with E-state index in [1.165, 1.54) is 9.75 Å². The highest BCUT2D eigenvalue weighted by molar-refractivity contribution is 7.12. The molecule has 106 valence electrons. The van der Waals surface area contributed by atoms with E-state index >= 15 is 0 Å². The van der Waals surface area contributed by atoms with Crippen molar-refractivity contribution in [2.24, 2.45) is 5.73 Å². The van der Waals surface area contributed by atoms with Crippen LogP contribution in [0.4, 0.5) is 0 Å². The third-order valence-corrected chi connectivity index (χ3v) is 4.70. The van der Waals surface area contributed by atoms with Gasteiger partial charge < -0.3 is 10.6 Å². The van der Waals surface area contributed by atoms with E-state index in [4.69, 9.17) is 5.73 Å². The van der Waals surface area contributed by atoms with Gasteiger partial charge in [0.1, 0.15) is 6.04 Å². The average molecular weight is 288 g/mol. The lowest BCUT2D eigenvalue weighted by atomic mass is 10.1. The molecule has 0 radical (unpaired) electrons. The number of hydrogen-bond acceptors (Lipinski definition) is 3. The highest BCUT2D eigenvalue weighted by atomic mass is 32.1. The number of rotatable bonds is 4.